The van der Waals surface area contributed by atoms with Crippen LogP contribution in [0.4, 0.5) is 0 Å². The van der Waals surface area contributed by atoms with Crippen LogP contribution >= 0.6 is 11.6 Å². The zero-order valence-electron chi connectivity index (χ0n) is 24.8. The van der Waals surface area contributed by atoms with Crippen molar-refractivity contribution in [3.05, 3.63) is 5.03 Å². The summed E-state index contributed by atoms with van der Waals surface area (Å²) >= 11 is 6.64. The van der Waals surface area contributed by atoms with Crippen molar-refractivity contribution in [2.24, 2.45) is 39.6 Å². The monoisotopic (exact) mass is 576 g/mol. The summed E-state index contributed by atoms with van der Waals surface area (Å²) in [6.45, 7) is 6.89. The maximum Gasteiger partial charge on any atom is 0.228 e. The number of carbonyl (C=O) groups excluding carboxylic acids is 1. The molecule has 0 spiro atoms. The van der Waals surface area contributed by atoms with Gasteiger partial charge in [0, 0.05) is 26.2 Å². The Morgan fingerprint density at radius 3 is 2.62 bits per heavy atom. The molecule has 4 fully saturated rings. The molecule has 1 amide bonds. The maximum absolute atomic E-state index is 14.3. The van der Waals surface area contributed by atoms with Crippen molar-refractivity contribution >= 4 is 23.4 Å². The van der Waals surface area contributed by atoms with E-state index in [1.165, 1.54) is 38.5 Å². The van der Waals surface area contributed by atoms with Gasteiger partial charge in [0.25, 0.3) is 0 Å². The van der Waals surface area contributed by atoms with Gasteiger partial charge in [-0.3, -0.25) is 4.79 Å². The summed E-state index contributed by atoms with van der Waals surface area (Å²) in [6.07, 6.45) is 12.9. The number of rotatable bonds is 8. The van der Waals surface area contributed by atoms with Gasteiger partial charge in [0.15, 0.2) is 0 Å². The number of nitrogens with zero attached hydrogens (tertiary/aromatic N) is 3. The molecule has 0 aromatic heterocycles. The fraction of sp³-hybridized carbons (Fsp3) is 0.903. The van der Waals surface area contributed by atoms with E-state index in [2.05, 4.69) is 35.0 Å². The van der Waals surface area contributed by atoms with Gasteiger partial charge >= 0.3 is 0 Å². The Balaban J connectivity index is 1.41. The number of amides is 1. The predicted octanol–water partition coefficient (Wildman–Crippen LogP) is 3.47. The first-order valence-corrected chi connectivity index (χ1v) is 16.5. The molecule has 8 nitrogen and oxygen atoms in total. The van der Waals surface area contributed by atoms with Gasteiger partial charge in [0.1, 0.15) is 0 Å². The first kappa shape index (κ1) is 30.5. The average Bonchev–Trinajstić information content (AvgIpc) is 3.19. The first-order chi connectivity index (χ1) is 19.3. The largest absolute Gasteiger partial charge is 0.371 e. The molecular weight excluding hydrogens is 524 g/mol. The van der Waals surface area contributed by atoms with E-state index < -0.39 is 12.1 Å². The number of likely N-dealkylation sites (N-methyl/N-ethyl adjacent to an activating group) is 2. The Kier molecular flexibility index (Phi) is 10.3. The van der Waals surface area contributed by atoms with E-state index in [-0.39, 0.29) is 41.5 Å². The van der Waals surface area contributed by atoms with Crippen LogP contribution in [-0.4, -0.2) is 91.8 Å². The van der Waals surface area contributed by atoms with Crippen LogP contribution in [-0.2, 0) is 9.53 Å². The standard InChI is InChI=1S/C31H53ClN6O2/c1-3-38-17-13-26(40-23-12-16-37(2)19-23)25(20-38)36-30(39)27(29(33)34)28-24-10-5-4-6-14-31(24,21-8-7-9-21)15-11-22(32)18-35-28/h21,23-29H,3-17,19-20,33-34H2,1-2H3,(H,36,39)/t23-,24?,25?,26?,27?,28?,31?/m0/s1. The van der Waals surface area contributed by atoms with Crippen molar-refractivity contribution in [1.29, 1.82) is 0 Å². The molecule has 9 heteroatoms. The SMILES string of the molecule is CCN1CCC(O[C@H]2CCN(C)C2)C(NC(=O)C(C(N)N)C2N=C=C(Cl)CCC3(C4CCC4)CCCCCC23)C1. The summed E-state index contributed by atoms with van der Waals surface area (Å²) in [5.41, 5.74) is 13.1. The van der Waals surface area contributed by atoms with Crippen LogP contribution in [0, 0.1) is 23.2 Å². The molecule has 6 unspecified atom stereocenters. The van der Waals surface area contributed by atoms with Gasteiger partial charge in [0.2, 0.25) is 5.91 Å². The van der Waals surface area contributed by atoms with Crippen LogP contribution in [0.15, 0.2) is 10.0 Å². The molecule has 40 heavy (non-hydrogen) atoms. The number of carbonyl (C=O) groups is 1. The Morgan fingerprint density at radius 1 is 1.12 bits per heavy atom. The number of hydrogen-bond acceptors (Lipinski definition) is 7. The van der Waals surface area contributed by atoms with Crippen molar-refractivity contribution in [3.63, 3.8) is 0 Å². The molecule has 7 atom stereocenters. The summed E-state index contributed by atoms with van der Waals surface area (Å²) in [5, 5.41) is 4.08. The molecule has 0 aromatic rings. The number of halogens is 1. The number of nitrogens with one attached hydrogen (secondary N) is 1. The third-order valence-corrected chi connectivity index (χ3v) is 11.4. The zero-order valence-corrected chi connectivity index (χ0v) is 25.6. The van der Waals surface area contributed by atoms with Gasteiger partial charge in [-0.2, -0.15) is 0 Å². The van der Waals surface area contributed by atoms with E-state index in [9.17, 15) is 4.79 Å². The molecular formula is C31H53ClN6O2. The lowest BCUT2D eigenvalue weighted by Crippen LogP contribution is -2.62. The minimum atomic E-state index is -0.815. The second kappa shape index (κ2) is 13.5. The summed E-state index contributed by atoms with van der Waals surface area (Å²) in [7, 11) is 2.14. The number of likely N-dealkylation sites (tertiary alicyclic amines) is 2. The number of aliphatic imine (C=N–C) groups is 1. The molecule has 0 aromatic carbocycles. The van der Waals surface area contributed by atoms with Crippen molar-refractivity contribution in [2.45, 2.75) is 114 Å². The number of hydrogen-bond donors (Lipinski definition) is 3. The van der Waals surface area contributed by atoms with E-state index >= 15 is 0 Å². The van der Waals surface area contributed by atoms with Gasteiger partial charge < -0.3 is 31.3 Å². The molecule has 5 aliphatic rings. The lowest BCUT2D eigenvalue weighted by molar-refractivity contribution is -0.132. The molecule has 226 valence electrons. The van der Waals surface area contributed by atoms with Crippen LogP contribution in [0.2, 0.25) is 0 Å². The third-order valence-electron chi connectivity index (χ3n) is 11.1. The molecule has 3 aliphatic heterocycles. The van der Waals surface area contributed by atoms with Crippen LogP contribution in [0.25, 0.3) is 0 Å². The number of piperidine rings is 1. The summed E-state index contributed by atoms with van der Waals surface area (Å²) in [5.74, 6) is 3.35. The van der Waals surface area contributed by atoms with Crippen LogP contribution < -0.4 is 16.8 Å². The van der Waals surface area contributed by atoms with E-state index in [4.69, 9.17) is 32.8 Å². The Labute approximate surface area is 246 Å². The minimum absolute atomic E-state index is 0.0139. The van der Waals surface area contributed by atoms with Crippen molar-refractivity contribution in [1.82, 2.24) is 15.1 Å². The quantitative estimate of drug-likeness (QED) is 0.382. The normalized spacial score (nSPS) is 37.1. The summed E-state index contributed by atoms with van der Waals surface area (Å²) in [6, 6.07) is -0.419. The number of allylic oxidation sites excluding steroid dienone is 1. The molecule has 3 heterocycles. The van der Waals surface area contributed by atoms with Crippen molar-refractivity contribution in [3.8, 4) is 0 Å². The van der Waals surface area contributed by atoms with Crippen molar-refractivity contribution in [2.75, 3.05) is 39.8 Å². The second-order valence-corrected chi connectivity index (χ2v) is 13.9. The van der Waals surface area contributed by atoms with Gasteiger partial charge in [-0.25, -0.2) is 4.99 Å². The van der Waals surface area contributed by atoms with E-state index in [0.29, 0.717) is 11.0 Å². The number of fused-ring (bicyclic) bond motifs is 1. The van der Waals surface area contributed by atoms with Gasteiger partial charge in [-0.05, 0) is 88.1 Å². The van der Waals surface area contributed by atoms with E-state index in [1.54, 1.807) is 0 Å². The molecule has 0 radical (unpaired) electrons. The van der Waals surface area contributed by atoms with Gasteiger partial charge in [-0.15, -0.1) is 0 Å². The highest BCUT2D eigenvalue weighted by Crippen LogP contribution is 2.58. The summed E-state index contributed by atoms with van der Waals surface area (Å²) < 4.78 is 6.64. The smallest absolute Gasteiger partial charge is 0.228 e. The molecule has 2 aliphatic carbocycles. The van der Waals surface area contributed by atoms with Crippen LogP contribution in [0.1, 0.15) is 84.0 Å². The fourth-order valence-electron chi connectivity index (χ4n) is 8.62. The van der Waals surface area contributed by atoms with Crippen molar-refractivity contribution < 1.29 is 9.53 Å². The average molecular weight is 577 g/mol. The lowest BCUT2D eigenvalue weighted by atomic mass is 9.53. The second-order valence-electron chi connectivity index (χ2n) is 13.5. The molecule has 0 bridgehead atoms. The highest BCUT2D eigenvalue weighted by Gasteiger charge is 2.53. The third kappa shape index (κ3) is 6.64. The summed E-state index contributed by atoms with van der Waals surface area (Å²) in [4.78, 5) is 24.0. The van der Waals surface area contributed by atoms with Crippen LogP contribution in [0.3, 0.4) is 0 Å². The zero-order chi connectivity index (χ0) is 28.3. The Morgan fingerprint density at radius 2 is 1.95 bits per heavy atom. The molecule has 2 saturated heterocycles. The number of nitrogens with two attached hydrogens (primary N) is 2. The first-order valence-electron chi connectivity index (χ1n) is 16.2. The molecule has 5 rings (SSSR count). The molecule has 5 N–H and O–H groups in total. The van der Waals surface area contributed by atoms with E-state index in [1.807, 2.05) is 0 Å². The fourth-order valence-corrected chi connectivity index (χ4v) is 8.77. The maximum atomic E-state index is 14.3. The highest BCUT2D eigenvalue weighted by atomic mass is 35.5. The molecule has 2 saturated carbocycles. The predicted molar refractivity (Wildman–Crippen MR) is 161 cm³/mol. The van der Waals surface area contributed by atoms with Crippen LogP contribution in [0.5, 0.6) is 0 Å². The van der Waals surface area contributed by atoms with E-state index in [0.717, 1.165) is 71.2 Å². The lowest BCUT2D eigenvalue weighted by Gasteiger charge is -2.53. The topological polar surface area (TPSA) is 109 Å². The number of ether oxygens (including phenoxy) is 1. The highest BCUT2D eigenvalue weighted by molar-refractivity contribution is 6.33. The van der Waals surface area contributed by atoms with Gasteiger partial charge in [-0.1, -0.05) is 44.2 Å². The Bertz CT molecular complexity index is 937. The minimum Gasteiger partial charge on any atom is -0.371 e. The van der Waals surface area contributed by atoms with Gasteiger partial charge in [0.05, 0.1) is 41.4 Å². The Hall–Kier alpha value is -0.990.